The monoisotopic (exact) mass is 312 g/mol. The molecule has 3 aromatic rings. The molecule has 0 amide bonds. The summed E-state index contributed by atoms with van der Waals surface area (Å²) in [6, 6.07) is 7.91. The minimum Gasteiger partial charge on any atom is -0.396 e. The number of thiocarbonyl (C=S) groups is 1. The lowest BCUT2D eigenvalue weighted by Gasteiger charge is -2.13. The molecule has 22 heavy (non-hydrogen) atoms. The van der Waals surface area contributed by atoms with Gasteiger partial charge in [-0.2, -0.15) is 0 Å². The summed E-state index contributed by atoms with van der Waals surface area (Å²) in [6.45, 7) is 0.779. The molecule has 5 nitrogen and oxygen atoms in total. The molecule has 112 valence electrons. The van der Waals surface area contributed by atoms with Gasteiger partial charge in [0.1, 0.15) is 0 Å². The number of benzene rings is 1. The van der Waals surface area contributed by atoms with Crippen molar-refractivity contribution in [1.29, 1.82) is 0 Å². The van der Waals surface area contributed by atoms with E-state index in [4.69, 9.17) is 17.3 Å². The topological polar surface area (TPSA) is 70.1 Å². The number of aliphatic hydroxyl groups excluding tert-OH is 1. The van der Waals surface area contributed by atoms with E-state index in [0.29, 0.717) is 18.1 Å². The molecule has 3 N–H and O–H groups in total. The fourth-order valence-electron chi connectivity index (χ4n) is 2.35. The second kappa shape index (κ2) is 6.64. The third kappa shape index (κ3) is 2.98. The van der Waals surface area contributed by atoms with Crippen LogP contribution >= 0.6 is 12.2 Å². The molecule has 1 aromatic carbocycles. The van der Waals surface area contributed by atoms with Crippen LogP contribution in [0.25, 0.3) is 21.7 Å². The standard InChI is InChI=1S/C16H16N4OS/c21-8-2-6-19-16(22)20-14-9-11-4-7-17-10-13(11)15-12(14)3-1-5-18-15/h1,3-5,7,9-10,21H,2,6,8H2,(H2,19,20,22). The zero-order valence-electron chi connectivity index (χ0n) is 11.9. The van der Waals surface area contributed by atoms with E-state index in [1.807, 2.05) is 30.5 Å². The number of rotatable bonds is 4. The Morgan fingerprint density at radius 2 is 2.14 bits per heavy atom. The van der Waals surface area contributed by atoms with Crippen LogP contribution in [0, 0.1) is 0 Å². The highest BCUT2D eigenvalue weighted by Gasteiger charge is 2.08. The Morgan fingerprint density at radius 1 is 1.23 bits per heavy atom. The molecular weight excluding hydrogens is 296 g/mol. The molecule has 0 aliphatic rings. The van der Waals surface area contributed by atoms with Crippen molar-refractivity contribution in [2.45, 2.75) is 6.42 Å². The number of anilines is 1. The minimum absolute atomic E-state index is 0.144. The first-order valence-electron chi connectivity index (χ1n) is 7.07. The van der Waals surface area contributed by atoms with Gasteiger partial charge in [0, 0.05) is 42.5 Å². The van der Waals surface area contributed by atoms with Gasteiger partial charge in [0.2, 0.25) is 0 Å². The van der Waals surface area contributed by atoms with Gasteiger partial charge in [0.25, 0.3) is 0 Å². The Labute approximate surface area is 133 Å². The zero-order valence-corrected chi connectivity index (χ0v) is 12.7. The molecule has 6 heteroatoms. The van der Waals surface area contributed by atoms with Crippen molar-refractivity contribution >= 4 is 44.7 Å². The number of hydrogen-bond donors (Lipinski definition) is 3. The van der Waals surface area contributed by atoms with Crippen LogP contribution in [0.3, 0.4) is 0 Å². The predicted octanol–water partition coefficient (Wildman–Crippen LogP) is 2.45. The highest BCUT2D eigenvalue weighted by molar-refractivity contribution is 7.80. The molecule has 2 aromatic heterocycles. The number of nitrogens with zero attached hydrogens (tertiary/aromatic N) is 2. The van der Waals surface area contributed by atoms with Gasteiger partial charge in [-0.1, -0.05) is 0 Å². The Morgan fingerprint density at radius 3 is 3.00 bits per heavy atom. The molecule has 0 aliphatic carbocycles. The van der Waals surface area contributed by atoms with Crippen LogP contribution in [0.15, 0.2) is 42.9 Å². The van der Waals surface area contributed by atoms with Crippen molar-refractivity contribution in [3.8, 4) is 0 Å². The van der Waals surface area contributed by atoms with Gasteiger partial charge in [-0.25, -0.2) is 0 Å². The number of nitrogens with one attached hydrogen (secondary N) is 2. The van der Waals surface area contributed by atoms with Crippen molar-refractivity contribution in [3.05, 3.63) is 42.9 Å². The van der Waals surface area contributed by atoms with Gasteiger partial charge in [-0.15, -0.1) is 0 Å². The van der Waals surface area contributed by atoms with Crippen LogP contribution in [-0.4, -0.2) is 33.3 Å². The van der Waals surface area contributed by atoms with Crippen LogP contribution in [-0.2, 0) is 0 Å². The van der Waals surface area contributed by atoms with Gasteiger partial charge in [-0.05, 0) is 48.3 Å². The van der Waals surface area contributed by atoms with Crippen LogP contribution in [0.5, 0.6) is 0 Å². The Balaban J connectivity index is 1.99. The maximum atomic E-state index is 8.81. The van der Waals surface area contributed by atoms with Crippen LogP contribution in [0.2, 0.25) is 0 Å². The molecular formula is C16H16N4OS. The number of hydrogen-bond acceptors (Lipinski definition) is 4. The molecule has 3 rings (SSSR count). The summed E-state index contributed by atoms with van der Waals surface area (Å²) in [6.07, 6.45) is 6.02. The summed E-state index contributed by atoms with van der Waals surface area (Å²) < 4.78 is 0. The lowest BCUT2D eigenvalue weighted by molar-refractivity contribution is 0.289. The Bertz CT molecular complexity index is 821. The maximum absolute atomic E-state index is 8.81. The summed E-state index contributed by atoms with van der Waals surface area (Å²) in [4.78, 5) is 8.66. The van der Waals surface area contributed by atoms with Crippen molar-refractivity contribution in [2.24, 2.45) is 0 Å². The largest absolute Gasteiger partial charge is 0.396 e. The molecule has 0 aliphatic heterocycles. The SMILES string of the molecule is OCCCNC(=S)Nc1cc2ccncc2c2ncccc12. The lowest BCUT2D eigenvalue weighted by atomic mass is 10.1. The highest BCUT2D eigenvalue weighted by atomic mass is 32.1. The van der Waals surface area contributed by atoms with E-state index in [0.717, 1.165) is 27.4 Å². The van der Waals surface area contributed by atoms with Crippen molar-refractivity contribution in [2.75, 3.05) is 18.5 Å². The summed E-state index contributed by atoms with van der Waals surface area (Å²) in [5.74, 6) is 0. The minimum atomic E-state index is 0.144. The molecule has 2 heterocycles. The summed E-state index contributed by atoms with van der Waals surface area (Å²) >= 11 is 5.30. The van der Waals surface area contributed by atoms with E-state index in [-0.39, 0.29) is 6.61 Å². The number of aliphatic hydroxyl groups is 1. The van der Waals surface area contributed by atoms with Crippen molar-refractivity contribution in [3.63, 3.8) is 0 Å². The second-order valence-electron chi connectivity index (χ2n) is 4.88. The van der Waals surface area contributed by atoms with E-state index in [1.54, 1.807) is 12.4 Å². The van der Waals surface area contributed by atoms with Crippen LogP contribution in [0.4, 0.5) is 5.69 Å². The smallest absolute Gasteiger partial charge is 0.170 e. The van der Waals surface area contributed by atoms with Gasteiger partial charge in [0.05, 0.1) is 11.2 Å². The summed E-state index contributed by atoms with van der Waals surface area (Å²) in [5, 5.41) is 18.7. The molecule has 0 spiro atoms. The molecule has 0 saturated carbocycles. The van der Waals surface area contributed by atoms with Gasteiger partial charge < -0.3 is 15.7 Å². The lowest BCUT2D eigenvalue weighted by Crippen LogP contribution is -2.29. The molecule has 0 radical (unpaired) electrons. The predicted molar refractivity (Wildman–Crippen MR) is 93.0 cm³/mol. The summed E-state index contributed by atoms with van der Waals surface area (Å²) in [7, 11) is 0. The normalized spacial score (nSPS) is 10.8. The van der Waals surface area contributed by atoms with Crippen LogP contribution in [0.1, 0.15) is 6.42 Å². The third-order valence-corrected chi connectivity index (χ3v) is 3.62. The van der Waals surface area contributed by atoms with Gasteiger partial charge >= 0.3 is 0 Å². The first-order valence-corrected chi connectivity index (χ1v) is 7.47. The maximum Gasteiger partial charge on any atom is 0.170 e. The first kappa shape index (κ1) is 14.6. The quantitative estimate of drug-likeness (QED) is 0.390. The molecule has 0 fully saturated rings. The third-order valence-electron chi connectivity index (χ3n) is 3.38. The Hall–Kier alpha value is -2.31. The Kier molecular flexibility index (Phi) is 4.41. The van der Waals surface area contributed by atoms with Gasteiger partial charge in [-0.3, -0.25) is 9.97 Å². The van der Waals surface area contributed by atoms with Crippen LogP contribution < -0.4 is 10.6 Å². The average Bonchev–Trinajstić information content (AvgIpc) is 2.55. The van der Waals surface area contributed by atoms with E-state index in [1.165, 1.54) is 0 Å². The van der Waals surface area contributed by atoms with E-state index in [9.17, 15) is 0 Å². The van der Waals surface area contributed by atoms with E-state index >= 15 is 0 Å². The van der Waals surface area contributed by atoms with Crippen molar-refractivity contribution < 1.29 is 5.11 Å². The average molecular weight is 312 g/mol. The van der Waals surface area contributed by atoms with Crippen molar-refractivity contribution in [1.82, 2.24) is 15.3 Å². The molecule has 0 bridgehead atoms. The fraction of sp³-hybridized carbons (Fsp3) is 0.188. The summed E-state index contributed by atoms with van der Waals surface area (Å²) in [5.41, 5.74) is 1.80. The zero-order chi connectivity index (χ0) is 15.4. The highest BCUT2D eigenvalue weighted by Crippen LogP contribution is 2.29. The second-order valence-corrected chi connectivity index (χ2v) is 5.29. The number of aromatic nitrogens is 2. The first-order chi connectivity index (χ1) is 10.8. The fourth-order valence-corrected chi connectivity index (χ4v) is 2.56. The van der Waals surface area contributed by atoms with E-state index in [2.05, 4.69) is 20.6 Å². The molecule has 0 saturated heterocycles. The number of fused-ring (bicyclic) bond motifs is 3. The molecule has 0 unspecified atom stereocenters. The molecule has 0 atom stereocenters. The number of pyridine rings is 2. The van der Waals surface area contributed by atoms with Gasteiger partial charge in [0.15, 0.2) is 5.11 Å². The van der Waals surface area contributed by atoms with E-state index < -0.39 is 0 Å².